The van der Waals surface area contributed by atoms with E-state index >= 15 is 0 Å². The smallest absolute Gasteiger partial charge is 0.160 e. The maximum Gasteiger partial charge on any atom is 0.160 e. The molecule has 2 rings (SSSR count). The SMILES string of the molecule is COCCCc1nc2cccnc2n1C(C)C. The molecule has 92 valence electrons. The predicted molar refractivity (Wildman–Crippen MR) is 68.1 cm³/mol. The van der Waals surface area contributed by atoms with Gasteiger partial charge in [-0.1, -0.05) is 0 Å². The average Bonchev–Trinajstić information content (AvgIpc) is 2.67. The van der Waals surface area contributed by atoms with Crippen LogP contribution in [0.1, 0.15) is 32.1 Å². The highest BCUT2D eigenvalue weighted by Crippen LogP contribution is 2.19. The van der Waals surface area contributed by atoms with E-state index in [1.54, 1.807) is 7.11 Å². The number of hydrogen-bond donors (Lipinski definition) is 0. The fraction of sp³-hybridized carbons (Fsp3) is 0.538. The van der Waals surface area contributed by atoms with E-state index in [1.807, 2.05) is 18.3 Å². The first-order valence-corrected chi connectivity index (χ1v) is 6.04. The Labute approximate surface area is 102 Å². The maximum absolute atomic E-state index is 5.09. The van der Waals surface area contributed by atoms with Crippen molar-refractivity contribution < 1.29 is 4.74 Å². The van der Waals surface area contributed by atoms with Crippen molar-refractivity contribution in [3.05, 3.63) is 24.2 Å². The van der Waals surface area contributed by atoms with Crippen molar-refractivity contribution in [1.82, 2.24) is 14.5 Å². The normalized spacial score (nSPS) is 11.5. The second kappa shape index (κ2) is 5.27. The molecule has 4 heteroatoms. The molecule has 0 saturated carbocycles. The van der Waals surface area contributed by atoms with Crippen LogP contribution in [0.15, 0.2) is 18.3 Å². The number of hydrogen-bond acceptors (Lipinski definition) is 3. The Hall–Kier alpha value is -1.42. The van der Waals surface area contributed by atoms with Gasteiger partial charge in [-0.15, -0.1) is 0 Å². The van der Waals surface area contributed by atoms with Gasteiger partial charge < -0.3 is 9.30 Å². The van der Waals surface area contributed by atoms with Crippen molar-refractivity contribution in [3.8, 4) is 0 Å². The summed E-state index contributed by atoms with van der Waals surface area (Å²) in [7, 11) is 1.73. The Morgan fingerprint density at radius 1 is 1.41 bits per heavy atom. The number of nitrogens with zero attached hydrogens (tertiary/aromatic N) is 3. The topological polar surface area (TPSA) is 39.9 Å². The van der Waals surface area contributed by atoms with E-state index in [1.165, 1.54) is 0 Å². The molecule has 0 unspecified atom stereocenters. The van der Waals surface area contributed by atoms with Gasteiger partial charge in [-0.2, -0.15) is 0 Å². The monoisotopic (exact) mass is 233 g/mol. The Kier molecular flexibility index (Phi) is 3.74. The Morgan fingerprint density at radius 2 is 2.24 bits per heavy atom. The minimum Gasteiger partial charge on any atom is -0.385 e. The minimum atomic E-state index is 0.382. The lowest BCUT2D eigenvalue weighted by molar-refractivity contribution is 0.194. The number of pyridine rings is 1. The quantitative estimate of drug-likeness (QED) is 0.745. The summed E-state index contributed by atoms with van der Waals surface area (Å²) in [5, 5.41) is 0. The van der Waals surface area contributed by atoms with Crippen molar-refractivity contribution in [1.29, 1.82) is 0 Å². The standard InChI is InChI=1S/C13H19N3O/c1-10(2)16-12(7-5-9-17-3)15-11-6-4-8-14-13(11)16/h4,6,8,10H,5,7,9H2,1-3H3. The predicted octanol–water partition coefficient (Wildman–Crippen LogP) is 2.59. The van der Waals surface area contributed by atoms with Crippen LogP contribution >= 0.6 is 0 Å². The summed E-state index contributed by atoms with van der Waals surface area (Å²) >= 11 is 0. The summed E-state index contributed by atoms with van der Waals surface area (Å²) in [6, 6.07) is 4.33. The van der Waals surface area contributed by atoms with E-state index in [4.69, 9.17) is 4.74 Å². The van der Waals surface area contributed by atoms with E-state index in [9.17, 15) is 0 Å². The molecule has 0 radical (unpaired) electrons. The van der Waals surface area contributed by atoms with Crippen LogP contribution in [0, 0.1) is 0 Å². The van der Waals surface area contributed by atoms with E-state index in [0.717, 1.165) is 36.4 Å². The van der Waals surface area contributed by atoms with Crippen LogP contribution in [0.2, 0.25) is 0 Å². The van der Waals surface area contributed by atoms with Gasteiger partial charge in [0.1, 0.15) is 11.3 Å². The lowest BCUT2D eigenvalue weighted by atomic mass is 10.3. The van der Waals surface area contributed by atoms with Crippen molar-refractivity contribution in [3.63, 3.8) is 0 Å². The van der Waals surface area contributed by atoms with E-state index in [-0.39, 0.29) is 0 Å². The van der Waals surface area contributed by atoms with Crippen molar-refractivity contribution in [2.24, 2.45) is 0 Å². The minimum absolute atomic E-state index is 0.382. The Balaban J connectivity index is 2.36. The molecule has 0 N–H and O–H groups in total. The van der Waals surface area contributed by atoms with Crippen LogP contribution in [0.3, 0.4) is 0 Å². The number of aryl methyl sites for hydroxylation is 1. The van der Waals surface area contributed by atoms with E-state index in [2.05, 4.69) is 28.4 Å². The van der Waals surface area contributed by atoms with Gasteiger partial charge >= 0.3 is 0 Å². The Morgan fingerprint density at radius 3 is 2.94 bits per heavy atom. The third-order valence-electron chi connectivity index (χ3n) is 2.79. The number of imidazole rings is 1. The molecule has 0 aliphatic carbocycles. The van der Waals surface area contributed by atoms with Gasteiger partial charge in [-0.05, 0) is 32.4 Å². The largest absolute Gasteiger partial charge is 0.385 e. The molecule has 4 nitrogen and oxygen atoms in total. The summed E-state index contributed by atoms with van der Waals surface area (Å²) in [6.45, 7) is 5.10. The summed E-state index contributed by atoms with van der Waals surface area (Å²) in [5.74, 6) is 1.10. The highest BCUT2D eigenvalue weighted by molar-refractivity contribution is 5.71. The molecular weight excluding hydrogens is 214 g/mol. The Bertz CT molecular complexity index is 490. The third kappa shape index (κ3) is 2.47. The van der Waals surface area contributed by atoms with E-state index < -0.39 is 0 Å². The van der Waals surface area contributed by atoms with Crippen molar-refractivity contribution >= 4 is 11.2 Å². The summed E-state index contributed by atoms with van der Waals surface area (Å²) in [6.07, 6.45) is 3.75. The molecule has 0 atom stereocenters. The van der Waals surface area contributed by atoms with Gasteiger partial charge in [0.25, 0.3) is 0 Å². The van der Waals surface area contributed by atoms with Crippen LogP contribution in [-0.4, -0.2) is 28.3 Å². The molecule has 0 aliphatic rings. The van der Waals surface area contributed by atoms with Crippen LogP contribution in [0.4, 0.5) is 0 Å². The zero-order valence-electron chi connectivity index (χ0n) is 10.7. The first kappa shape index (κ1) is 12.0. The molecule has 0 bridgehead atoms. The molecule has 17 heavy (non-hydrogen) atoms. The van der Waals surface area contributed by atoms with Crippen LogP contribution < -0.4 is 0 Å². The second-order valence-electron chi connectivity index (χ2n) is 4.43. The fourth-order valence-electron chi connectivity index (χ4n) is 2.07. The summed E-state index contributed by atoms with van der Waals surface area (Å²) in [5.41, 5.74) is 1.96. The molecular formula is C13H19N3O. The first-order chi connectivity index (χ1) is 8.24. The zero-order valence-corrected chi connectivity index (χ0v) is 10.7. The zero-order chi connectivity index (χ0) is 12.3. The van der Waals surface area contributed by atoms with Gasteiger partial charge in [0, 0.05) is 32.4 Å². The molecule has 2 aromatic rings. The molecule has 0 fully saturated rings. The van der Waals surface area contributed by atoms with Gasteiger partial charge in [0.2, 0.25) is 0 Å². The van der Waals surface area contributed by atoms with Crippen LogP contribution in [-0.2, 0) is 11.2 Å². The third-order valence-corrected chi connectivity index (χ3v) is 2.79. The number of rotatable bonds is 5. The molecule has 0 aliphatic heterocycles. The van der Waals surface area contributed by atoms with Gasteiger partial charge in [0.05, 0.1) is 0 Å². The van der Waals surface area contributed by atoms with Crippen molar-refractivity contribution in [2.75, 3.05) is 13.7 Å². The molecule has 0 aromatic carbocycles. The van der Waals surface area contributed by atoms with Crippen LogP contribution in [0.25, 0.3) is 11.2 Å². The fourth-order valence-corrected chi connectivity index (χ4v) is 2.07. The summed E-state index contributed by atoms with van der Waals surface area (Å²) < 4.78 is 7.30. The van der Waals surface area contributed by atoms with Gasteiger partial charge in [0.15, 0.2) is 5.65 Å². The van der Waals surface area contributed by atoms with Gasteiger partial charge in [-0.25, -0.2) is 9.97 Å². The number of ether oxygens (including phenoxy) is 1. The number of aromatic nitrogens is 3. The lowest BCUT2D eigenvalue weighted by Gasteiger charge is -2.11. The number of methoxy groups -OCH3 is 1. The highest BCUT2D eigenvalue weighted by atomic mass is 16.5. The van der Waals surface area contributed by atoms with Crippen LogP contribution in [0.5, 0.6) is 0 Å². The maximum atomic E-state index is 5.09. The molecule has 2 heterocycles. The molecule has 0 spiro atoms. The summed E-state index contributed by atoms with van der Waals surface area (Å²) in [4.78, 5) is 9.07. The second-order valence-corrected chi connectivity index (χ2v) is 4.43. The highest BCUT2D eigenvalue weighted by Gasteiger charge is 2.13. The molecule has 0 saturated heterocycles. The van der Waals surface area contributed by atoms with E-state index in [0.29, 0.717) is 6.04 Å². The molecule has 2 aromatic heterocycles. The van der Waals surface area contributed by atoms with Crippen molar-refractivity contribution in [2.45, 2.75) is 32.7 Å². The lowest BCUT2D eigenvalue weighted by Crippen LogP contribution is -2.08. The molecule has 0 amide bonds. The average molecular weight is 233 g/mol. The van der Waals surface area contributed by atoms with Gasteiger partial charge in [-0.3, -0.25) is 0 Å². The first-order valence-electron chi connectivity index (χ1n) is 6.04. The number of fused-ring (bicyclic) bond motifs is 1.